The number of amidine groups is 1. The molecule has 3 nitrogen and oxygen atoms in total. The molecule has 3 heteroatoms. The Balaban J connectivity index is 1.77. The molecule has 18 heavy (non-hydrogen) atoms. The normalized spacial score (nSPS) is 30.6. The number of fused-ring (bicyclic) bond motifs is 1. The van der Waals surface area contributed by atoms with Crippen molar-refractivity contribution < 1.29 is 0 Å². The smallest absolute Gasteiger partial charge is 0.128 e. The van der Waals surface area contributed by atoms with Crippen LogP contribution in [0, 0.1) is 12.8 Å². The van der Waals surface area contributed by atoms with Crippen molar-refractivity contribution in [3.05, 3.63) is 35.4 Å². The molecule has 3 unspecified atom stereocenters. The third-order valence-electron chi connectivity index (χ3n) is 4.16. The Morgan fingerprint density at radius 1 is 1.39 bits per heavy atom. The molecular formula is C15H21N3. The maximum absolute atomic E-state index is 5.79. The summed E-state index contributed by atoms with van der Waals surface area (Å²) in [6.45, 7) is 2.93. The summed E-state index contributed by atoms with van der Waals surface area (Å²) in [6, 6.07) is 9.52. The second-order valence-corrected chi connectivity index (χ2v) is 5.58. The number of benzene rings is 1. The van der Waals surface area contributed by atoms with Gasteiger partial charge in [-0.3, -0.25) is 4.99 Å². The van der Waals surface area contributed by atoms with E-state index in [0.717, 1.165) is 12.4 Å². The van der Waals surface area contributed by atoms with Crippen LogP contribution in [0.3, 0.4) is 0 Å². The molecule has 3 rings (SSSR count). The zero-order valence-electron chi connectivity index (χ0n) is 10.9. The van der Waals surface area contributed by atoms with E-state index in [2.05, 4.69) is 36.5 Å². The van der Waals surface area contributed by atoms with Gasteiger partial charge in [0.15, 0.2) is 0 Å². The topological polar surface area (TPSA) is 50.4 Å². The lowest BCUT2D eigenvalue weighted by Crippen LogP contribution is -2.41. The van der Waals surface area contributed by atoms with Crippen LogP contribution in [0.5, 0.6) is 0 Å². The van der Waals surface area contributed by atoms with Gasteiger partial charge in [-0.15, -0.1) is 0 Å². The average molecular weight is 243 g/mol. The summed E-state index contributed by atoms with van der Waals surface area (Å²) in [7, 11) is 0. The van der Waals surface area contributed by atoms with Crippen molar-refractivity contribution in [3.8, 4) is 0 Å². The quantitative estimate of drug-likeness (QED) is 0.832. The molecule has 0 aromatic heterocycles. The van der Waals surface area contributed by atoms with E-state index in [0.29, 0.717) is 18.0 Å². The second kappa shape index (κ2) is 4.73. The first-order chi connectivity index (χ1) is 8.76. The van der Waals surface area contributed by atoms with Crippen LogP contribution in [0.2, 0.25) is 0 Å². The van der Waals surface area contributed by atoms with Crippen molar-refractivity contribution in [1.82, 2.24) is 5.32 Å². The molecule has 1 aliphatic carbocycles. The Morgan fingerprint density at radius 3 is 3.06 bits per heavy atom. The molecule has 2 aliphatic rings. The minimum Gasteiger partial charge on any atom is -0.365 e. The molecule has 1 saturated carbocycles. The number of aryl methyl sites for hydroxylation is 1. The van der Waals surface area contributed by atoms with Gasteiger partial charge in [0.1, 0.15) is 5.84 Å². The molecule has 0 amide bonds. The second-order valence-electron chi connectivity index (χ2n) is 5.58. The molecule has 1 heterocycles. The van der Waals surface area contributed by atoms with Gasteiger partial charge in [-0.05, 0) is 44.7 Å². The third-order valence-corrected chi connectivity index (χ3v) is 4.16. The van der Waals surface area contributed by atoms with Crippen molar-refractivity contribution in [1.29, 1.82) is 0 Å². The Morgan fingerprint density at radius 2 is 2.28 bits per heavy atom. The van der Waals surface area contributed by atoms with Gasteiger partial charge in [-0.25, -0.2) is 0 Å². The summed E-state index contributed by atoms with van der Waals surface area (Å²) in [5.41, 5.74) is 8.29. The highest BCUT2D eigenvalue weighted by Gasteiger charge is 2.34. The molecular weight excluding hydrogens is 222 g/mol. The van der Waals surface area contributed by atoms with Crippen LogP contribution < -0.4 is 11.1 Å². The van der Waals surface area contributed by atoms with Crippen LogP contribution in [0.25, 0.3) is 0 Å². The standard InChI is InChI=1S/C15H21N3/c1-10-3-2-4-12(7-10)15-17-13-6-5-11(9-16)8-14(13)18-15/h2-4,7,11,13-14H,5-6,8-9,16H2,1H3,(H,17,18). The van der Waals surface area contributed by atoms with Gasteiger partial charge in [-0.2, -0.15) is 0 Å². The van der Waals surface area contributed by atoms with E-state index in [4.69, 9.17) is 10.7 Å². The van der Waals surface area contributed by atoms with Crippen LogP contribution >= 0.6 is 0 Å². The summed E-state index contributed by atoms with van der Waals surface area (Å²) in [6.07, 6.45) is 3.57. The first-order valence-corrected chi connectivity index (χ1v) is 6.87. The molecule has 3 N–H and O–H groups in total. The summed E-state index contributed by atoms with van der Waals surface area (Å²) in [5, 5.41) is 3.60. The van der Waals surface area contributed by atoms with Crippen molar-refractivity contribution >= 4 is 5.84 Å². The van der Waals surface area contributed by atoms with E-state index in [1.54, 1.807) is 0 Å². The van der Waals surface area contributed by atoms with Crippen LogP contribution in [0.15, 0.2) is 29.3 Å². The van der Waals surface area contributed by atoms with Crippen molar-refractivity contribution in [3.63, 3.8) is 0 Å². The molecule has 1 fully saturated rings. The van der Waals surface area contributed by atoms with Gasteiger partial charge < -0.3 is 11.1 Å². The lowest BCUT2D eigenvalue weighted by atomic mass is 9.83. The van der Waals surface area contributed by atoms with Crippen LogP contribution in [0.1, 0.15) is 30.4 Å². The SMILES string of the molecule is Cc1cccc(C2=NC3CCC(CN)CC3N2)c1. The van der Waals surface area contributed by atoms with Crippen molar-refractivity contribution in [2.75, 3.05) is 6.54 Å². The molecule has 1 aromatic carbocycles. The molecule has 0 bridgehead atoms. The van der Waals surface area contributed by atoms with E-state index >= 15 is 0 Å². The van der Waals surface area contributed by atoms with E-state index in [-0.39, 0.29) is 0 Å². The Hall–Kier alpha value is -1.35. The summed E-state index contributed by atoms with van der Waals surface area (Å²) in [4.78, 5) is 4.85. The molecule has 0 radical (unpaired) electrons. The number of aliphatic imine (C=N–C) groups is 1. The maximum atomic E-state index is 5.79. The highest BCUT2D eigenvalue weighted by molar-refractivity contribution is 6.00. The largest absolute Gasteiger partial charge is 0.365 e. The van der Waals surface area contributed by atoms with Crippen molar-refractivity contribution in [2.24, 2.45) is 16.6 Å². The summed E-state index contributed by atoms with van der Waals surface area (Å²) < 4.78 is 0. The first-order valence-electron chi connectivity index (χ1n) is 6.87. The predicted octanol–water partition coefficient (Wildman–Crippen LogP) is 1.84. The molecule has 1 aromatic rings. The molecule has 1 aliphatic heterocycles. The number of nitrogens with one attached hydrogen (secondary N) is 1. The zero-order valence-corrected chi connectivity index (χ0v) is 10.9. The predicted molar refractivity (Wildman–Crippen MR) is 74.8 cm³/mol. The molecule has 0 saturated heterocycles. The van der Waals surface area contributed by atoms with Gasteiger partial charge in [0.25, 0.3) is 0 Å². The first kappa shape index (κ1) is 11.7. The van der Waals surface area contributed by atoms with Gasteiger partial charge in [0.05, 0.1) is 12.1 Å². The van der Waals surface area contributed by atoms with E-state index in [1.807, 2.05) is 0 Å². The fourth-order valence-corrected chi connectivity index (χ4v) is 3.09. The number of hydrogen-bond donors (Lipinski definition) is 2. The third kappa shape index (κ3) is 2.15. The Bertz CT molecular complexity index is 467. The summed E-state index contributed by atoms with van der Waals surface area (Å²) in [5.74, 6) is 1.75. The highest BCUT2D eigenvalue weighted by atomic mass is 15.1. The van der Waals surface area contributed by atoms with E-state index in [1.165, 1.54) is 30.4 Å². The minimum atomic E-state index is 0.461. The number of nitrogens with zero attached hydrogens (tertiary/aromatic N) is 1. The summed E-state index contributed by atoms with van der Waals surface area (Å²) >= 11 is 0. The number of rotatable bonds is 2. The highest BCUT2D eigenvalue weighted by Crippen LogP contribution is 2.29. The van der Waals surface area contributed by atoms with Crippen LogP contribution in [0.4, 0.5) is 0 Å². The fourth-order valence-electron chi connectivity index (χ4n) is 3.09. The fraction of sp³-hybridized carbons (Fsp3) is 0.533. The van der Waals surface area contributed by atoms with Gasteiger partial charge in [0, 0.05) is 5.56 Å². The molecule has 96 valence electrons. The monoisotopic (exact) mass is 243 g/mol. The molecule has 3 atom stereocenters. The van der Waals surface area contributed by atoms with Crippen LogP contribution in [-0.4, -0.2) is 24.5 Å². The Kier molecular flexibility index (Phi) is 3.08. The Labute approximate surface area is 108 Å². The van der Waals surface area contributed by atoms with Gasteiger partial charge in [0.2, 0.25) is 0 Å². The van der Waals surface area contributed by atoms with Crippen LogP contribution in [-0.2, 0) is 0 Å². The number of hydrogen-bond acceptors (Lipinski definition) is 3. The van der Waals surface area contributed by atoms with Crippen molar-refractivity contribution in [2.45, 2.75) is 38.3 Å². The zero-order chi connectivity index (χ0) is 12.5. The van der Waals surface area contributed by atoms with E-state index < -0.39 is 0 Å². The minimum absolute atomic E-state index is 0.461. The average Bonchev–Trinajstić information content (AvgIpc) is 2.81. The number of nitrogens with two attached hydrogens (primary N) is 1. The van der Waals surface area contributed by atoms with Gasteiger partial charge >= 0.3 is 0 Å². The molecule has 0 spiro atoms. The lowest BCUT2D eigenvalue weighted by Gasteiger charge is -2.29. The van der Waals surface area contributed by atoms with E-state index in [9.17, 15) is 0 Å². The maximum Gasteiger partial charge on any atom is 0.128 e. The lowest BCUT2D eigenvalue weighted by molar-refractivity contribution is 0.294. The van der Waals surface area contributed by atoms with Gasteiger partial charge in [-0.1, -0.05) is 23.8 Å².